The van der Waals surface area contributed by atoms with Crippen LogP contribution in [0.4, 0.5) is 4.79 Å². The standard InChI is InChI=1S/C14H19N3O4/c1-3-15-14(19)16-13(18)8-17(2)7-10-4-5-11-12(6-10)21-9-20-11/h4-6H,3,7-9H2,1-2H3,(H2,15,16,18,19). The Morgan fingerprint density at radius 1 is 1.29 bits per heavy atom. The van der Waals surface area contributed by atoms with Gasteiger partial charge in [0.05, 0.1) is 6.54 Å². The molecule has 114 valence electrons. The average Bonchev–Trinajstić information content (AvgIpc) is 2.85. The summed E-state index contributed by atoms with van der Waals surface area (Å²) in [7, 11) is 1.81. The second kappa shape index (κ2) is 6.94. The molecule has 0 unspecified atom stereocenters. The number of carbonyl (C=O) groups is 2. The Kier molecular flexibility index (Phi) is 4.99. The predicted molar refractivity (Wildman–Crippen MR) is 76.1 cm³/mol. The molecule has 0 saturated heterocycles. The molecule has 1 aromatic carbocycles. The third-order valence-corrected chi connectivity index (χ3v) is 2.89. The van der Waals surface area contributed by atoms with Crippen molar-refractivity contribution < 1.29 is 19.1 Å². The third kappa shape index (κ3) is 4.35. The number of imide groups is 1. The molecule has 0 bridgehead atoms. The lowest BCUT2D eigenvalue weighted by Gasteiger charge is -2.16. The van der Waals surface area contributed by atoms with Crippen LogP contribution in [0.25, 0.3) is 0 Å². The summed E-state index contributed by atoms with van der Waals surface area (Å²) in [5, 5.41) is 4.77. The zero-order chi connectivity index (χ0) is 15.2. The van der Waals surface area contributed by atoms with Crippen LogP contribution in [0.5, 0.6) is 11.5 Å². The van der Waals surface area contributed by atoms with E-state index >= 15 is 0 Å². The van der Waals surface area contributed by atoms with Gasteiger partial charge in [0.1, 0.15) is 0 Å². The fourth-order valence-electron chi connectivity index (χ4n) is 2.02. The van der Waals surface area contributed by atoms with Crippen molar-refractivity contribution in [2.45, 2.75) is 13.5 Å². The summed E-state index contributed by atoms with van der Waals surface area (Å²) in [5.41, 5.74) is 1.01. The monoisotopic (exact) mass is 293 g/mol. The zero-order valence-corrected chi connectivity index (χ0v) is 12.1. The first-order chi connectivity index (χ1) is 10.1. The number of urea groups is 1. The molecule has 21 heavy (non-hydrogen) atoms. The number of benzene rings is 1. The third-order valence-electron chi connectivity index (χ3n) is 2.89. The lowest BCUT2D eigenvalue weighted by molar-refractivity contribution is -0.120. The van der Waals surface area contributed by atoms with E-state index in [1.54, 1.807) is 6.92 Å². The van der Waals surface area contributed by atoms with Gasteiger partial charge in [-0.15, -0.1) is 0 Å². The second-order valence-electron chi connectivity index (χ2n) is 4.77. The van der Waals surface area contributed by atoms with Crippen LogP contribution in [0.1, 0.15) is 12.5 Å². The number of hydrogen-bond donors (Lipinski definition) is 2. The molecule has 1 aromatic rings. The first kappa shape index (κ1) is 15.1. The molecule has 1 aliphatic rings. The summed E-state index contributed by atoms with van der Waals surface area (Å²) in [6.45, 7) is 3.20. The van der Waals surface area contributed by atoms with Crippen molar-refractivity contribution in [2.75, 3.05) is 26.9 Å². The van der Waals surface area contributed by atoms with Crippen LogP contribution >= 0.6 is 0 Å². The molecule has 7 heteroatoms. The summed E-state index contributed by atoms with van der Waals surface area (Å²) in [5.74, 6) is 1.10. The molecule has 0 atom stereocenters. The summed E-state index contributed by atoms with van der Waals surface area (Å²) in [6.07, 6.45) is 0. The quantitative estimate of drug-likeness (QED) is 0.835. The van der Waals surface area contributed by atoms with E-state index in [4.69, 9.17) is 9.47 Å². The summed E-state index contributed by atoms with van der Waals surface area (Å²) >= 11 is 0. The molecule has 0 saturated carbocycles. The number of carbonyl (C=O) groups excluding carboxylic acids is 2. The van der Waals surface area contributed by atoms with Crippen LogP contribution < -0.4 is 20.1 Å². The van der Waals surface area contributed by atoms with Gasteiger partial charge in [-0.25, -0.2) is 4.79 Å². The van der Waals surface area contributed by atoms with Gasteiger partial charge >= 0.3 is 6.03 Å². The molecule has 1 heterocycles. The highest BCUT2D eigenvalue weighted by atomic mass is 16.7. The number of ether oxygens (including phenoxy) is 2. The van der Waals surface area contributed by atoms with Crippen LogP contribution in [0.3, 0.4) is 0 Å². The Balaban J connectivity index is 1.82. The normalized spacial score (nSPS) is 12.3. The maximum atomic E-state index is 11.7. The Labute approximate surface area is 123 Å². The van der Waals surface area contributed by atoms with Gasteiger partial charge in [0.15, 0.2) is 11.5 Å². The van der Waals surface area contributed by atoms with Crippen molar-refractivity contribution >= 4 is 11.9 Å². The number of nitrogens with one attached hydrogen (secondary N) is 2. The van der Waals surface area contributed by atoms with Crippen molar-refractivity contribution in [1.29, 1.82) is 0 Å². The Morgan fingerprint density at radius 2 is 2.05 bits per heavy atom. The van der Waals surface area contributed by atoms with Gasteiger partial charge in [-0.3, -0.25) is 15.0 Å². The molecule has 0 spiro atoms. The van der Waals surface area contributed by atoms with Crippen LogP contribution in [0, 0.1) is 0 Å². The number of amides is 3. The number of nitrogens with zero attached hydrogens (tertiary/aromatic N) is 1. The molecule has 7 nitrogen and oxygen atoms in total. The molecular weight excluding hydrogens is 274 g/mol. The second-order valence-corrected chi connectivity index (χ2v) is 4.77. The highest BCUT2D eigenvalue weighted by molar-refractivity contribution is 5.95. The van der Waals surface area contributed by atoms with Crippen molar-refractivity contribution in [3.63, 3.8) is 0 Å². The molecule has 0 aliphatic carbocycles. The van der Waals surface area contributed by atoms with Gasteiger partial charge in [0.25, 0.3) is 0 Å². The minimum Gasteiger partial charge on any atom is -0.454 e. The van der Waals surface area contributed by atoms with Crippen molar-refractivity contribution in [3.8, 4) is 11.5 Å². The lowest BCUT2D eigenvalue weighted by Crippen LogP contribution is -2.43. The molecule has 1 aliphatic heterocycles. The number of hydrogen-bond acceptors (Lipinski definition) is 5. The van der Waals surface area contributed by atoms with Gasteiger partial charge in [-0.05, 0) is 31.7 Å². The summed E-state index contributed by atoms with van der Waals surface area (Å²) in [6, 6.07) is 5.19. The van der Waals surface area contributed by atoms with Gasteiger partial charge in [0, 0.05) is 13.1 Å². The smallest absolute Gasteiger partial charge is 0.321 e. The van der Waals surface area contributed by atoms with Crippen LogP contribution in [0.2, 0.25) is 0 Å². The lowest BCUT2D eigenvalue weighted by atomic mass is 10.2. The highest BCUT2D eigenvalue weighted by Gasteiger charge is 2.15. The van der Waals surface area contributed by atoms with Gasteiger partial charge in [-0.1, -0.05) is 6.07 Å². The predicted octanol–water partition coefficient (Wildman–Crippen LogP) is 0.693. The van der Waals surface area contributed by atoms with Crippen molar-refractivity contribution in [2.24, 2.45) is 0 Å². The van der Waals surface area contributed by atoms with E-state index in [0.29, 0.717) is 18.8 Å². The van der Waals surface area contributed by atoms with Crippen LogP contribution in [-0.2, 0) is 11.3 Å². The van der Waals surface area contributed by atoms with Gasteiger partial charge in [0.2, 0.25) is 12.7 Å². The van der Waals surface area contributed by atoms with E-state index in [9.17, 15) is 9.59 Å². The summed E-state index contributed by atoms with van der Waals surface area (Å²) in [4.78, 5) is 24.7. The van der Waals surface area contributed by atoms with E-state index < -0.39 is 6.03 Å². The molecule has 0 fully saturated rings. The van der Waals surface area contributed by atoms with E-state index in [0.717, 1.165) is 11.3 Å². The molecule has 3 amide bonds. The van der Waals surface area contributed by atoms with E-state index in [2.05, 4.69) is 10.6 Å². The first-order valence-electron chi connectivity index (χ1n) is 6.73. The fraction of sp³-hybridized carbons (Fsp3) is 0.429. The number of likely N-dealkylation sites (N-methyl/N-ethyl adjacent to an activating group) is 1. The Hall–Kier alpha value is -2.28. The van der Waals surface area contributed by atoms with E-state index in [1.807, 2.05) is 30.1 Å². The minimum absolute atomic E-state index is 0.131. The van der Waals surface area contributed by atoms with E-state index in [1.165, 1.54) is 0 Å². The van der Waals surface area contributed by atoms with Crippen LogP contribution in [0.15, 0.2) is 18.2 Å². The maximum Gasteiger partial charge on any atom is 0.321 e. The zero-order valence-electron chi connectivity index (χ0n) is 12.1. The van der Waals surface area contributed by atoms with Crippen LogP contribution in [-0.4, -0.2) is 43.8 Å². The van der Waals surface area contributed by atoms with Crippen molar-refractivity contribution in [3.05, 3.63) is 23.8 Å². The molecule has 0 aromatic heterocycles. The van der Waals surface area contributed by atoms with Gasteiger partial charge in [-0.2, -0.15) is 0 Å². The molecular formula is C14H19N3O4. The average molecular weight is 293 g/mol. The van der Waals surface area contributed by atoms with E-state index in [-0.39, 0.29) is 19.2 Å². The maximum absolute atomic E-state index is 11.7. The first-order valence-corrected chi connectivity index (χ1v) is 6.73. The van der Waals surface area contributed by atoms with Gasteiger partial charge < -0.3 is 14.8 Å². The summed E-state index contributed by atoms with van der Waals surface area (Å²) < 4.78 is 10.6. The highest BCUT2D eigenvalue weighted by Crippen LogP contribution is 2.32. The Bertz CT molecular complexity index is 533. The SMILES string of the molecule is CCNC(=O)NC(=O)CN(C)Cc1ccc2c(c1)OCO2. The van der Waals surface area contributed by atoms with Crippen molar-refractivity contribution in [1.82, 2.24) is 15.5 Å². The number of fused-ring (bicyclic) bond motifs is 1. The molecule has 2 N–H and O–H groups in total. The number of rotatable bonds is 5. The molecule has 2 rings (SSSR count). The fourth-order valence-corrected chi connectivity index (χ4v) is 2.02. The minimum atomic E-state index is -0.473. The largest absolute Gasteiger partial charge is 0.454 e. The molecule has 0 radical (unpaired) electrons. The topological polar surface area (TPSA) is 79.9 Å². The Morgan fingerprint density at radius 3 is 2.81 bits per heavy atom.